The summed E-state index contributed by atoms with van der Waals surface area (Å²) in [5.41, 5.74) is 11.6. The SMILES string of the molecule is C1=CNC(c2cccc3c(-c4ccccc4)nc4c(-c5ccc(C6=CC(c7ccccn7)NC(c7ccccn7)=C6)cc5)cccc4c23)C=C1. The number of dihydropyridines is 2. The van der Waals surface area contributed by atoms with Gasteiger partial charge in [-0.2, -0.15) is 0 Å². The van der Waals surface area contributed by atoms with Gasteiger partial charge in [-0.25, -0.2) is 4.98 Å². The molecule has 0 amide bonds. The highest BCUT2D eigenvalue weighted by Crippen LogP contribution is 2.40. The molecule has 0 saturated carbocycles. The molecule has 4 aromatic carbocycles. The molecule has 0 bridgehead atoms. The zero-order valence-corrected chi connectivity index (χ0v) is 27.2. The van der Waals surface area contributed by atoms with Crippen LogP contribution in [0.2, 0.25) is 0 Å². The number of para-hydroxylation sites is 1. The van der Waals surface area contributed by atoms with Gasteiger partial charge in [0, 0.05) is 34.3 Å². The summed E-state index contributed by atoms with van der Waals surface area (Å²) in [7, 11) is 0. The molecule has 0 radical (unpaired) electrons. The Morgan fingerprint density at radius 3 is 2.14 bits per heavy atom. The molecule has 50 heavy (non-hydrogen) atoms. The minimum atomic E-state index is -0.0852. The topological polar surface area (TPSA) is 62.7 Å². The molecule has 9 rings (SSSR count). The Hall–Kier alpha value is -6.59. The van der Waals surface area contributed by atoms with Gasteiger partial charge < -0.3 is 10.6 Å². The van der Waals surface area contributed by atoms with Gasteiger partial charge in [0.2, 0.25) is 0 Å². The minimum absolute atomic E-state index is 0.0677. The molecule has 238 valence electrons. The van der Waals surface area contributed by atoms with Crippen LogP contribution in [0.15, 0.2) is 176 Å². The van der Waals surface area contributed by atoms with Crippen LogP contribution in [0.3, 0.4) is 0 Å². The van der Waals surface area contributed by atoms with E-state index in [4.69, 9.17) is 4.98 Å². The van der Waals surface area contributed by atoms with Gasteiger partial charge in [-0.15, -0.1) is 0 Å². The second-order valence-electron chi connectivity index (χ2n) is 12.5. The van der Waals surface area contributed by atoms with Gasteiger partial charge in [-0.05, 0) is 76.3 Å². The second-order valence-corrected chi connectivity index (χ2v) is 12.5. The number of benzene rings is 4. The molecule has 3 aromatic heterocycles. The Balaban J connectivity index is 1.18. The van der Waals surface area contributed by atoms with Crippen molar-refractivity contribution in [2.75, 3.05) is 0 Å². The van der Waals surface area contributed by atoms with Crippen LogP contribution >= 0.6 is 0 Å². The molecule has 2 aliphatic rings. The van der Waals surface area contributed by atoms with Crippen LogP contribution in [0.1, 0.15) is 34.6 Å². The number of aromatic nitrogens is 3. The fourth-order valence-corrected chi connectivity index (χ4v) is 7.10. The second kappa shape index (κ2) is 12.8. The number of hydrogen-bond donors (Lipinski definition) is 2. The van der Waals surface area contributed by atoms with E-state index in [1.165, 1.54) is 10.9 Å². The monoisotopic (exact) mass is 643 g/mol. The summed E-state index contributed by atoms with van der Waals surface area (Å²) < 4.78 is 0. The molecule has 2 atom stereocenters. The summed E-state index contributed by atoms with van der Waals surface area (Å²) >= 11 is 0. The first-order valence-corrected chi connectivity index (χ1v) is 16.9. The highest BCUT2D eigenvalue weighted by molar-refractivity contribution is 6.15. The lowest BCUT2D eigenvalue weighted by Crippen LogP contribution is -2.23. The van der Waals surface area contributed by atoms with E-state index in [2.05, 4.69) is 142 Å². The third kappa shape index (κ3) is 5.45. The van der Waals surface area contributed by atoms with E-state index in [9.17, 15) is 0 Å². The van der Waals surface area contributed by atoms with Gasteiger partial charge in [0.1, 0.15) is 0 Å². The van der Waals surface area contributed by atoms with Crippen molar-refractivity contribution in [1.82, 2.24) is 25.6 Å². The van der Waals surface area contributed by atoms with Crippen LogP contribution in [-0.2, 0) is 0 Å². The lowest BCUT2D eigenvalue weighted by molar-refractivity contribution is 0.736. The van der Waals surface area contributed by atoms with E-state index < -0.39 is 0 Å². The zero-order chi connectivity index (χ0) is 33.3. The number of hydrogen-bond acceptors (Lipinski definition) is 5. The fraction of sp³-hybridized carbons (Fsp3) is 0.0444. The molecular weight excluding hydrogens is 611 g/mol. The first-order chi connectivity index (χ1) is 24.8. The van der Waals surface area contributed by atoms with E-state index in [0.29, 0.717) is 0 Å². The first-order valence-electron chi connectivity index (χ1n) is 16.9. The average molecular weight is 644 g/mol. The molecule has 0 fully saturated rings. The van der Waals surface area contributed by atoms with Crippen molar-refractivity contribution in [3.8, 4) is 22.4 Å². The van der Waals surface area contributed by atoms with Crippen LogP contribution < -0.4 is 10.6 Å². The van der Waals surface area contributed by atoms with Crippen LogP contribution in [0, 0.1) is 0 Å². The quantitative estimate of drug-likeness (QED) is 0.177. The highest BCUT2D eigenvalue weighted by atomic mass is 15.0. The minimum Gasteiger partial charge on any atom is -0.381 e. The summed E-state index contributed by atoms with van der Waals surface area (Å²) in [6, 6.07) is 44.5. The smallest absolute Gasteiger partial charge is 0.0879 e. The van der Waals surface area contributed by atoms with Crippen LogP contribution in [-0.4, -0.2) is 15.0 Å². The molecule has 5 heteroatoms. The molecule has 0 spiro atoms. The molecule has 0 saturated heterocycles. The van der Waals surface area contributed by atoms with Crippen molar-refractivity contribution in [1.29, 1.82) is 0 Å². The number of nitrogens with one attached hydrogen (secondary N) is 2. The molecule has 7 aromatic rings. The lowest BCUT2D eigenvalue weighted by atomic mass is 9.90. The van der Waals surface area contributed by atoms with E-state index in [1.54, 1.807) is 0 Å². The molecule has 2 unspecified atom stereocenters. The number of allylic oxidation sites excluding steroid dienone is 4. The summed E-state index contributed by atoms with van der Waals surface area (Å²) in [6.45, 7) is 0. The normalized spacial score (nSPS) is 16.8. The molecule has 5 heterocycles. The van der Waals surface area contributed by atoms with Crippen molar-refractivity contribution >= 4 is 32.9 Å². The van der Waals surface area contributed by atoms with Crippen molar-refractivity contribution < 1.29 is 0 Å². The summed E-state index contributed by atoms with van der Waals surface area (Å²) in [4.78, 5) is 14.7. The predicted molar refractivity (Wildman–Crippen MR) is 205 cm³/mol. The largest absolute Gasteiger partial charge is 0.381 e. The van der Waals surface area contributed by atoms with Crippen molar-refractivity contribution in [3.63, 3.8) is 0 Å². The number of rotatable bonds is 6. The lowest BCUT2D eigenvalue weighted by Gasteiger charge is -2.24. The van der Waals surface area contributed by atoms with Crippen LogP contribution in [0.4, 0.5) is 0 Å². The summed E-state index contributed by atoms with van der Waals surface area (Å²) in [5, 5.41) is 10.7. The summed E-state index contributed by atoms with van der Waals surface area (Å²) in [6.07, 6.45) is 16.5. The van der Waals surface area contributed by atoms with Gasteiger partial charge in [0.05, 0.1) is 40.4 Å². The van der Waals surface area contributed by atoms with E-state index in [-0.39, 0.29) is 12.1 Å². The highest BCUT2D eigenvalue weighted by Gasteiger charge is 2.21. The van der Waals surface area contributed by atoms with E-state index in [0.717, 1.165) is 66.9 Å². The van der Waals surface area contributed by atoms with Gasteiger partial charge in [-0.1, -0.05) is 115 Å². The zero-order valence-electron chi connectivity index (χ0n) is 27.2. The maximum atomic E-state index is 5.44. The Labute approximate surface area is 291 Å². The molecule has 0 aliphatic carbocycles. The molecule has 2 N–H and O–H groups in total. The maximum absolute atomic E-state index is 5.44. The molecule has 5 nitrogen and oxygen atoms in total. The Kier molecular flexibility index (Phi) is 7.56. The summed E-state index contributed by atoms with van der Waals surface area (Å²) in [5.74, 6) is 0. The molecule has 2 aliphatic heterocycles. The van der Waals surface area contributed by atoms with Gasteiger partial charge >= 0.3 is 0 Å². The maximum Gasteiger partial charge on any atom is 0.0879 e. The van der Waals surface area contributed by atoms with Crippen LogP contribution in [0.25, 0.3) is 55.3 Å². The van der Waals surface area contributed by atoms with Crippen LogP contribution in [0.5, 0.6) is 0 Å². The standard InChI is InChI=1S/C45H33N5/c1-2-12-32(13-3-1)44-36-16-11-15-35(38-18-4-7-25-46-38)43(36)37-17-10-14-34(45(37)50-44)31-23-21-30(22-24-31)33-28-41(39-19-5-8-26-47-39)49-42(29-33)40-20-6-9-27-48-40/h1-29,38,41,46,49H. The molecular formula is C45H33N5. The third-order valence-electron chi connectivity index (χ3n) is 9.48. The number of pyridine rings is 3. The van der Waals surface area contributed by atoms with Crippen molar-refractivity contribution in [2.45, 2.75) is 12.1 Å². The van der Waals surface area contributed by atoms with Gasteiger partial charge in [0.25, 0.3) is 0 Å². The van der Waals surface area contributed by atoms with E-state index >= 15 is 0 Å². The fourth-order valence-electron chi connectivity index (χ4n) is 7.10. The van der Waals surface area contributed by atoms with Crippen molar-refractivity contribution in [2.24, 2.45) is 0 Å². The van der Waals surface area contributed by atoms with Gasteiger partial charge in [-0.3, -0.25) is 9.97 Å². The Bertz CT molecular complexity index is 2460. The van der Waals surface area contributed by atoms with E-state index in [1.807, 2.05) is 55.0 Å². The number of fused-ring (bicyclic) bond motifs is 3. The Morgan fingerprint density at radius 1 is 0.580 bits per heavy atom. The van der Waals surface area contributed by atoms with Gasteiger partial charge in [0.15, 0.2) is 0 Å². The predicted octanol–water partition coefficient (Wildman–Crippen LogP) is 10.00. The number of nitrogens with zero attached hydrogens (tertiary/aromatic N) is 3. The average Bonchev–Trinajstić information content (AvgIpc) is 3.21. The first kappa shape index (κ1) is 29.5. The Morgan fingerprint density at radius 2 is 1.36 bits per heavy atom. The van der Waals surface area contributed by atoms with Crippen molar-refractivity contribution in [3.05, 3.63) is 199 Å². The third-order valence-corrected chi connectivity index (χ3v) is 9.48.